The van der Waals surface area contributed by atoms with Gasteiger partial charge in [-0.3, -0.25) is 4.79 Å². The number of H-pyrrole nitrogens is 1. The number of hydrogen-bond donors (Lipinski definition) is 3. The van der Waals surface area contributed by atoms with E-state index < -0.39 is 5.82 Å². The van der Waals surface area contributed by atoms with Gasteiger partial charge in [0.2, 0.25) is 0 Å². The van der Waals surface area contributed by atoms with E-state index >= 15 is 0 Å². The van der Waals surface area contributed by atoms with Crippen LogP contribution < -0.4 is 11.1 Å². The van der Waals surface area contributed by atoms with E-state index in [-0.39, 0.29) is 23.6 Å². The van der Waals surface area contributed by atoms with E-state index in [0.717, 1.165) is 0 Å². The Morgan fingerprint density at radius 3 is 3.04 bits per heavy atom. The van der Waals surface area contributed by atoms with Gasteiger partial charge in [0.25, 0.3) is 5.91 Å². The van der Waals surface area contributed by atoms with Gasteiger partial charge in [0.05, 0.1) is 10.5 Å². The molecule has 26 heavy (non-hydrogen) atoms. The molecule has 134 valence electrons. The molecule has 3 rings (SSSR count). The van der Waals surface area contributed by atoms with Crippen molar-refractivity contribution in [1.29, 1.82) is 0 Å². The van der Waals surface area contributed by atoms with Crippen LogP contribution in [0.5, 0.6) is 0 Å². The van der Waals surface area contributed by atoms with Crippen LogP contribution >= 0.6 is 11.6 Å². The molecule has 0 aliphatic rings. The number of amides is 1. The zero-order valence-corrected chi connectivity index (χ0v) is 14.7. The molecular formula is C18H17ClFN5O. The second kappa shape index (κ2) is 7.53. The van der Waals surface area contributed by atoms with Crippen molar-refractivity contribution in [2.24, 2.45) is 0 Å². The number of fused-ring (bicyclic) bond motifs is 1. The standard InChI is InChI=1S/C18H17ClFN5O/c1-10(4-2-5-11-8-13(20)16(21)22-9-11)23-18(26)17-24-14-7-3-6-12(19)15(14)25-17/h2-3,5-10H,4H2,1H3,(H2,21,22)(H,23,26)(H,24,25)/b5-2+/t10-/m0/s1. The normalized spacial score (nSPS) is 12.6. The first-order valence-corrected chi connectivity index (χ1v) is 8.34. The highest BCUT2D eigenvalue weighted by molar-refractivity contribution is 6.35. The largest absolute Gasteiger partial charge is 0.381 e. The first-order valence-electron chi connectivity index (χ1n) is 7.96. The first kappa shape index (κ1) is 17.9. The van der Waals surface area contributed by atoms with Gasteiger partial charge in [0.1, 0.15) is 5.52 Å². The Balaban J connectivity index is 1.60. The summed E-state index contributed by atoms with van der Waals surface area (Å²) in [5, 5.41) is 3.33. The third kappa shape index (κ3) is 4.00. The summed E-state index contributed by atoms with van der Waals surface area (Å²) in [4.78, 5) is 23.2. The van der Waals surface area contributed by atoms with Crippen molar-refractivity contribution in [1.82, 2.24) is 20.3 Å². The van der Waals surface area contributed by atoms with Crippen LogP contribution in [-0.4, -0.2) is 26.9 Å². The lowest BCUT2D eigenvalue weighted by atomic mass is 10.2. The lowest BCUT2D eigenvalue weighted by molar-refractivity contribution is 0.0931. The number of hydrogen-bond acceptors (Lipinski definition) is 4. The molecule has 0 radical (unpaired) electrons. The highest BCUT2D eigenvalue weighted by Crippen LogP contribution is 2.20. The summed E-state index contributed by atoms with van der Waals surface area (Å²) in [6.45, 7) is 1.86. The molecule has 0 saturated carbocycles. The Bertz CT molecular complexity index is 985. The number of para-hydroxylation sites is 1. The van der Waals surface area contributed by atoms with Crippen molar-refractivity contribution in [3.63, 3.8) is 0 Å². The maximum Gasteiger partial charge on any atom is 0.287 e. The summed E-state index contributed by atoms with van der Waals surface area (Å²) in [5.41, 5.74) is 7.20. The summed E-state index contributed by atoms with van der Waals surface area (Å²) in [6, 6.07) is 6.47. The minimum atomic E-state index is -0.558. The molecule has 0 fully saturated rings. The van der Waals surface area contributed by atoms with Gasteiger partial charge in [-0.15, -0.1) is 0 Å². The predicted octanol–water partition coefficient (Wildman–Crippen LogP) is 3.55. The number of nitrogens with one attached hydrogen (secondary N) is 2. The number of rotatable bonds is 5. The number of halogens is 2. The fourth-order valence-electron chi connectivity index (χ4n) is 2.42. The number of nitrogens with zero attached hydrogens (tertiary/aromatic N) is 2. The Morgan fingerprint density at radius 2 is 2.31 bits per heavy atom. The smallest absolute Gasteiger partial charge is 0.287 e. The van der Waals surface area contributed by atoms with Crippen LogP contribution in [0.2, 0.25) is 5.02 Å². The van der Waals surface area contributed by atoms with Gasteiger partial charge >= 0.3 is 0 Å². The number of nitrogen functional groups attached to an aromatic ring is 1. The van der Waals surface area contributed by atoms with E-state index in [2.05, 4.69) is 20.3 Å². The number of benzene rings is 1. The van der Waals surface area contributed by atoms with Crippen LogP contribution in [0.3, 0.4) is 0 Å². The molecule has 1 amide bonds. The summed E-state index contributed by atoms with van der Waals surface area (Å²) >= 11 is 6.07. The molecule has 0 aliphatic carbocycles. The molecule has 0 saturated heterocycles. The quantitative estimate of drug-likeness (QED) is 0.637. The fraction of sp³-hybridized carbons (Fsp3) is 0.167. The zero-order valence-electron chi connectivity index (χ0n) is 14.0. The van der Waals surface area contributed by atoms with Gasteiger partial charge in [-0.1, -0.05) is 29.8 Å². The number of aromatic amines is 1. The van der Waals surface area contributed by atoms with Crippen molar-refractivity contribution in [2.45, 2.75) is 19.4 Å². The Morgan fingerprint density at radius 1 is 1.50 bits per heavy atom. The van der Waals surface area contributed by atoms with E-state index in [1.807, 2.05) is 13.0 Å². The van der Waals surface area contributed by atoms with Gasteiger partial charge in [0, 0.05) is 12.2 Å². The third-order valence-corrected chi connectivity index (χ3v) is 4.05. The van der Waals surface area contributed by atoms with E-state index in [1.54, 1.807) is 24.3 Å². The van der Waals surface area contributed by atoms with Gasteiger partial charge < -0.3 is 16.0 Å². The minimum absolute atomic E-state index is 0.131. The monoisotopic (exact) mass is 373 g/mol. The number of imidazole rings is 1. The molecule has 0 bridgehead atoms. The van der Waals surface area contributed by atoms with Gasteiger partial charge in [-0.2, -0.15) is 0 Å². The van der Waals surface area contributed by atoms with E-state index in [1.165, 1.54) is 12.3 Å². The molecule has 0 aliphatic heterocycles. The SMILES string of the molecule is C[C@@H](C/C=C/c1cnc(N)c(F)c1)NC(=O)c1nc2c(Cl)cccc2[nH]1. The molecule has 3 aromatic rings. The van der Waals surface area contributed by atoms with Crippen molar-refractivity contribution >= 4 is 40.4 Å². The van der Waals surface area contributed by atoms with Crippen molar-refractivity contribution < 1.29 is 9.18 Å². The summed E-state index contributed by atoms with van der Waals surface area (Å²) < 4.78 is 13.3. The third-order valence-electron chi connectivity index (χ3n) is 3.75. The Kier molecular flexibility index (Phi) is 5.18. The highest BCUT2D eigenvalue weighted by atomic mass is 35.5. The molecule has 6 nitrogen and oxygen atoms in total. The highest BCUT2D eigenvalue weighted by Gasteiger charge is 2.14. The predicted molar refractivity (Wildman–Crippen MR) is 100 cm³/mol. The second-order valence-electron chi connectivity index (χ2n) is 5.87. The lowest BCUT2D eigenvalue weighted by Gasteiger charge is -2.10. The molecule has 1 aromatic carbocycles. The van der Waals surface area contributed by atoms with Crippen LogP contribution in [0.15, 0.2) is 36.5 Å². The fourth-order valence-corrected chi connectivity index (χ4v) is 2.64. The topological polar surface area (TPSA) is 96.7 Å². The van der Waals surface area contributed by atoms with Crippen LogP contribution in [0.1, 0.15) is 29.5 Å². The number of pyridine rings is 1. The van der Waals surface area contributed by atoms with E-state index in [0.29, 0.717) is 28.0 Å². The number of nitrogens with two attached hydrogens (primary N) is 1. The zero-order chi connectivity index (χ0) is 18.7. The van der Waals surface area contributed by atoms with Gasteiger partial charge in [-0.25, -0.2) is 14.4 Å². The van der Waals surface area contributed by atoms with Gasteiger partial charge in [-0.05, 0) is 37.1 Å². The Hall–Kier alpha value is -2.93. The molecule has 4 N–H and O–H groups in total. The van der Waals surface area contributed by atoms with Crippen molar-refractivity contribution in [3.8, 4) is 0 Å². The van der Waals surface area contributed by atoms with Crippen molar-refractivity contribution in [2.75, 3.05) is 5.73 Å². The molecule has 0 spiro atoms. The van der Waals surface area contributed by atoms with Crippen LogP contribution in [0.25, 0.3) is 17.1 Å². The summed E-state index contributed by atoms with van der Waals surface area (Å²) in [5.74, 6) is -0.808. The summed E-state index contributed by atoms with van der Waals surface area (Å²) in [7, 11) is 0. The second-order valence-corrected chi connectivity index (χ2v) is 6.28. The molecule has 2 heterocycles. The Labute approximate surface area is 154 Å². The molecule has 2 aromatic heterocycles. The van der Waals surface area contributed by atoms with Gasteiger partial charge in [0.15, 0.2) is 17.5 Å². The average Bonchev–Trinajstić information content (AvgIpc) is 3.04. The number of aromatic nitrogens is 3. The molecule has 0 unspecified atom stereocenters. The number of carbonyl (C=O) groups is 1. The maximum absolute atomic E-state index is 13.3. The van der Waals surface area contributed by atoms with Crippen LogP contribution in [0.4, 0.5) is 10.2 Å². The van der Waals surface area contributed by atoms with E-state index in [4.69, 9.17) is 17.3 Å². The lowest BCUT2D eigenvalue weighted by Crippen LogP contribution is -2.32. The molecular weight excluding hydrogens is 357 g/mol. The number of anilines is 1. The summed E-state index contributed by atoms with van der Waals surface area (Å²) in [6.07, 6.45) is 5.58. The minimum Gasteiger partial charge on any atom is -0.381 e. The van der Waals surface area contributed by atoms with Crippen molar-refractivity contribution in [3.05, 3.63) is 58.8 Å². The molecule has 1 atom stereocenters. The first-order chi connectivity index (χ1) is 12.4. The maximum atomic E-state index is 13.3. The van der Waals surface area contributed by atoms with Crippen LogP contribution in [-0.2, 0) is 0 Å². The number of carbonyl (C=O) groups excluding carboxylic acids is 1. The van der Waals surface area contributed by atoms with E-state index in [9.17, 15) is 9.18 Å². The van der Waals surface area contributed by atoms with Crippen LogP contribution in [0, 0.1) is 5.82 Å². The molecule has 8 heteroatoms. The average molecular weight is 374 g/mol.